The summed E-state index contributed by atoms with van der Waals surface area (Å²) < 4.78 is 13.2. The van der Waals surface area contributed by atoms with E-state index in [1.165, 1.54) is 12.1 Å². The zero-order chi connectivity index (χ0) is 10.8. The lowest BCUT2D eigenvalue weighted by Crippen LogP contribution is -2.06. The summed E-state index contributed by atoms with van der Waals surface area (Å²) in [6.45, 7) is 0.569. The van der Waals surface area contributed by atoms with E-state index in [1.807, 2.05) is 0 Å². The summed E-state index contributed by atoms with van der Waals surface area (Å²) in [4.78, 5) is 11.2. The normalized spacial score (nSPS) is 13.9. The standard InChI is InChI=1S/C11H13FN2O/c12-9-4-7(2-1-3-13)11-8(5-9)6-10(15)14-11/h4-5H,1-3,6,13H2,(H,14,15). The van der Waals surface area contributed by atoms with Crippen molar-refractivity contribution in [2.45, 2.75) is 19.3 Å². The van der Waals surface area contributed by atoms with Gasteiger partial charge in [0.1, 0.15) is 5.82 Å². The monoisotopic (exact) mass is 208 g/mol. The van der Waals surface area contributed by atoms with Crippen molar-refractivity contribution >= 4 is 11.6 Å². The highest BCUT2D eigenvalue weighted by Crippen LogP contribution is 2.29. The third-order valence-corrected chi connectivity index (χ3v) is 2.53. The molecule has 1 aromatic rings. The van der Waals surface area contributed by atoms with E-state index in [1.54, 1.807) is 0 Å². The molecule has 15 heavy (non-hydrogen) atoms. The van der Waals surface area contributed by atoms with Crippen LogP contribution in [0, 0.1) is 5.82 Å². The van der Waals surface area contributed by atoms with Crippen molar-refractivity contribution in [3.63, 3.8) is 0 Å². The van der Waals surface area contributed by atoms with Crippen LogP contribution in [0.2, 0.25) is 0 Å². The highest BCUT2D eigenvalue weighted by Gasteiger charge is 2.21. The number of anilines is 1. The van der Waals surface area contributed by atoms with Gasteiger partial charge in [0.05, 0.1) is 6.42 Å². The maximum Gasteiger partial charge on any atom is 0.228 e. The lowest BCUT2D eigenvalue weighted by Gasteiger charge is -2.07. The molecule has 3 N–H and O–H groups in total. The summed E-state index contributed by atoms with van der Waals surface area (Å²) >= 11 is 0. The number of hydrogen-bond donors (Lipinski definition) is 2. The number of nitrogens with one attached hydrogen (secondary N) is 1. The van der Waals surface area contributed by atoms with Crippen molar-refractivity contribution in [3.8, 4) is 0 Å². The van der Waals surface area contributed by atoms with Gasteiger partial charge in [0.25, 0.3) is 0 Å². The Morgan fingerprint density at radius 3 is 3.00 bits per heavy atom. The first-order valence-corrected chi connectivity index (χ1v) is 5.02. The number of benzene rings is 1. The molecule has 0 saturated carbocycles. The van der Waals surface area contributed by atoms with Gasteiger partial charge in [-0.2, -0.15) is 0 Å². The summed E-state index contributed by atoms with van der Waals surface area (Å²) in [7, 11) is 0. The van der Waals surface area contributed by atoms with Crippen molar-refractivity contribution in [1.29, 1.82) is 0 Å². The molecule has 0 aromatic heterocycles. The summed E-state index contributed by atoms with van der Waals surface area (Å²) in [5, 5.41) is 2.76. The smallest absolute Gasteiger partial charge is 0.228 e. The number of halogens is 1. The van der Waals surface area contributed by atoms with Crippen LogP contribution in [0.15, 0.2) is 12.1 Å². The molecule has 80 valence electrons. The first kappa shape index (κ1) is 10.1. The highest BCUT2D eigenvalue weighted by molar-refractivity contribution is 6.00. The van der Waals surface area contributed by atoms with Crippen molar-refractivity contribution in [1.82, 2.24) is 0 Å². The van der Waals surface area contributed by atoms with E-state index in [9.17, 15) is 9.18 Å². The van der Waals surface area contributed by atoms with Crippen LogP contribution >= 0.6 is 0 Å². The summed E-state index contributed by atoms with van der Waals surface area (Å²) in [6.07, 6.45) is 1.78. The Morgan fingerprint density at radius 1 is 1.47 bits per heavy atom. The predicted octanol–water partition coefficient (Wildman–Crippen LogP) is 1.21. The fraction of sp³-hybridized carbons (Fsp3) is 0.364. The summed E-state index contributed by atoms with van der Waals surface area (Å²) in [6, 6.07) is 2.89. The van der Waals surface area contributed by atoms with Gasteiger partial charge >= 0.3 is 0 Å². The predicted molar refractivity (Wildman–Crippen MR) is 56.1 cm³/mol. The van der Waals surface area contributed by atoms with Crippen LogP contribution in [-0.4, -0.2) is 12.5 Å². The largest absolute Gasteiger partial charge is 0.330 e. The van der Waals surface area contributed by atoms with Crippen LogP contribution in [0.4, 0.5) is 10.1 Å². The minimum Gasteiger partial charge on any atom is -0.330 e. The maximum atomic E-state index is 13.2. The van der Waals surface area contributed by atoms with Gasteiger partial charge in [0, 0.05) is 5.69 Å². The van der Waals surface area contributed by atoms with E-state index in [0.717, 1.165) is 23.2 Å². The SMILES string of the molecule is NCCCc1cc(F)cc2c1NC(=O)C2. The molecule has 4 heteroatoms. The van der Waals surface area contributed by atoms with E-state index in [4.69, 9.17) is 5.73 Å². The average molecular weight is 208 g/mol. The lowest BCUT2D eigenvalue weighted by atomic mass is 10.0. The molecule has 1 aliphatic rings. The minimum atomic E-state index is -0.280. The summed E-state index contributed by atoms with van der Waals surface area (Å²) in [5.41, 5.74) is 7.80. The molecule has 0 bridgehead atoms. The van der Waals surface area contributed by atoms with Crippen LogP contribution < -0.4 is 11.1 Å². The van der Waals surface area contributed by atoms with Gasteiger partial charge in [-0.15, -0.1) is 0 Å². The van der Waals surface area contributed by atoms with E-state index in [2.05, 4.69) is 5.32 Å². The molecule has 0 saturated heterocycles. The number of rotatable bonds is 3. The molecule has 0 spiro atoms. The van der Waals surface area contributed by atoms with Gasteiger partial charge < -0.3 is 11.1 Å². The van der Waals surface area contributed by atoms with Crippen LogP contribution in [-0.2, 0) is 17.6 Å². The Morgan fingerprint density at radius 2 is 2.27 bits per heavy atom. The zero-order valence-corrected chi connectivity index (χ0v) is 8.35. The first-order chi connectivity index (χ1) is 7.20. The molecule has 0 fully saturated rings. The third kappa shape index (κ3) is 1.99. The maximum absolute atomic E-state index is 13.2. The zero-order valence-electron chi connectivity index (χ0n) is 8.35. The van der Waals surface area contributed by atoms with Crippen LogP contribution in [0.3, 0.4) is 0 Å². The van der Waals surface area contributed by atoms with Crippen LogP contribution in [0.25, 0.3) is 0 Å². The van der Waals surface area contributed by atoms with E-state index in [0.29, 0.717) is 13.0 Å². The Balaban J connectivity index is 2.34. The summed E-state index contributed by atoms with van der Waals surface area (Å²) in [5.74, 6) is -0.345. The fourth-order valence-electron chi connectivity index (χ4n) is 1.87. The first-order valence-electron chi connectivity index (χ1n) is 5.02. The molecular formula is C11H13FN2O. The third-order valence-electron chi connectivity index (χ3n) is 2.53. The van der Waals surface area contributed by atoms with E-state index >= 15 is 0 Å². The average Bonchev–Trinajstić information content (AvgIpc) is 2.54. The fourth-order valence-corrected chi connectivity index (χ4v) is 1.87. The van der Waals surface area contributed by atoms with E-state index < -0.39 is 0 Å². The van der Waals surface area contributed by atoms with Crippen LogP contribution in [0.1, 0.15) is 17.5 Å². The lowest BCUT2D eigenvalue weighted by molar-refractivity contribution is -0.115. The number of aryl methyl sites for hydroxylation is 1. The number of amides is 1. The van der Waals surface area contributed by atoms with Gasteiger partial charge in [0.15, 0.2) is 0 Å². The van der Waals surface area contributed by atoms with Gasteiger partial charge in [-0.05, 0) is 42.6 Å². The molecule has 1 amide bonds. The quantitative estimate of drug-likeness (QED) is 0.784. The number of hydrogen-bond acceptors (Lipinski definition) is 2. The second kappa shape index (κ2) is 3.98. The van der Waals surface area contributed by atoms with Crippen molar-refractivity contribution in [3.05, 3.63) is 29.1 Å². The second-order valence-electron chi connectivity index (χ2n) is 3.72. The molecule has 1 heterocycles. The Labute approximate surface area is 87.5 Å². The molecule has 0 atom stereocenters. The Kier molecular flexibility index (Phi) is 2.68. The topological polar surface area (TPSA) is 55.1 Å². The van der Waals surface area contributed by atoms with Crippen molar-refractivity contribution in [2.24, 2.45) is 5.73 Å². The van der Waals surface area contributed by atoms with Crippen molar-refractivity contribution in [2.75, 3.05) is 11.9 Å². The number of carbonyl (C=O) groups excluding carboxylic acids is 1. The van der Waals surface area contributed by atoms with Crippen LogP contribution in [0.5, 0.6) is 0 Å². The second-order valence-corrected chi connectivity index (χ2v) is 3.72. The molecule has 0 unspecified atom stereocenters. The minimum absolute atomic E-state index is 0.0652. The van der Waals surface area contributed by atoms with Crippen molar-refractivity contribution < 1.29 is 9.18 Å². The number of carbonyl (C=O) groups is 1. The molecule has 2 rings (SSSR count). The highest BCUT2D eigenvalue weighted by atomic mass is 19.1. The van der Waals surface area contributed by atoms with Gasteiger partial charge in [-0.1, -0.05) is 0 Å². The van der Waals surface area contributed by atoms with Gasteiger partial charge in [-0.25, -0.2) is 4.39 Å². The Hall–Kier alpha value is -1.42. The molecule has 0 aliphatic carbocycles. The molecular weight excluding hydrogens is 195 g/mol. The number of nitrogens with two attached hydrogens (primary N) is 1. The molecule has 1 aliphatic heterocycles. The molecule has 3 nitrogen and oxygen atoms in total. The van der Waals surface area contributed by atoms with Gasteiger partial charge in [-0.3, -0.25) is 4.79 Å². The number of fused-ring (bicyclic) bond motifs is 1. The van der Waals surface area contributed by atoms with Gasteiger partial charge in [0.2, 0.25) is 5.91 Å². The molecule has 1 aromatic carbocycles. The molecule has 0 radical (unpaired) electrons. The van der Waals surface area contributed by atoms with E-state index in [-0.39, 0.29) is 18.1 Å². The Bertz CT molecular complexity index is 404.